The lowest BCUT2D eigenvalue weighted by molar-refractivity contribution is 0.440. The highest BCUT2D eigenvalue weighted by atomic mass is 79.9. The molecular formula is C16H17BrFNO. The lowest BCUT2D eigenvalue weighted by atomic mass is 10.1. The zero-order valence-corrected chi connectivity index (χ0v) is 13.3. The van der Waals surface area contributed by atoms with Crippen LogP contribution in [0.3, 0.4) is 0 Å². The maximum Gasteiger partial charge on any atom is 0.166 e. The van der Waals surface area contributed by atoms with Crippen molar-refractivity contribution in [1.29, 1.82) is 0 Å². The molecule has 0 saturated heterocycles. The fourth-order valence-corrected chi connectivity index (χ4v) is 2.20. The molecule has 0 aliphatic carbocycles. The standard InChI is InChI=1S/C16H17BrFNO/c1-9-6-13(7-10(2)16(9)17)20-15-5-4-12(11(3)19)8-14(15)18/h4-8,11H,19H2,1-3H3/t11-/m0/s1. The summed E-state index contributed by atoms with van der Waals surface area (Å²) in [6.45, 7) is 5.76. The Balaban J connectivity index is 2.31. The molecule has 0 saturated carbocycles. The molecule has 1 atom stereocenters. The highest BCUT2D eigenvalue weighted by Crippen LogP contribution is 2.31. The van der Waals surface area contributed by atoms with E-state index in [9.17, 15) is 4.39 Å². The van der Waals surface area contributed by atoms with Crippen LogP contribution in [-0.4, -0.2) is 0 Å². The van der Waals surface area contributed by atoms with Gasteiger partial charge in [-0.15, -0.1) is 0 Å². The van der Waals surface area contributed by atoms with Gasteiger partial charge >= 0.3 is 0 Å². The molecule has 2 nitrogen and oxygen atoms in total. The molecule has 0 amide bonds. The summed E-state index contributed by atoms with van der Waals surface area (Å²) in [7, 11) is 0. The second kappa shape index (κ2) is 5.94. The molecule has 20 heavy (non-hydrogen) atoms. The number of rotatable bonds is 3. The van der Waals surface area contributed by atoms with Crippen LogP contribution in [0.2, 0.25) is 0 Å². The van der Waals surface area contributed by atoms with E-state index in [0.29, 0.717) is 5.75 Å². The first-order valence-corrected chi connectivity index (χ1v) is 7.17. The Bertz CT molecular complexity index is 617. The first-order valence-electron chi connectivity index (χ1n) is 6.38. The molecule has 2 aromatic rings. The van der Waals surface area contributed by atoms with Crippen molar-refractivity contribution in [2.75, 3.05) is 0 Å². The fourth-order valence-electron chi connectivity index (χ4n) is 1.98. The highest BCUT2D eigenvalue weighted by molar-refractivity contribution is 9.10. The van der Waals surface area contributed by atoms with Crippen LogP contribution in [0.25, 0.3) is 0 Å². The lowest BCUT2D eigenvalue weighted by Gasteiger charge is -2.12. The summed E-state index contributed by atoms with van der Waals surface area (Å²) >= 11 is 3.50. The molecule has 0 spiro atoms. The molecule has 0 aliphatic heterocycles. The van der Waals surface area contributed by atoms with E-state index in [1.165, 1.54) is 6.07 Å². The molecule has 106 valence electrons. The summed E-state index contributed by atoms with van der Waals surface area (Å²) in [4.78, 5) is 0. The minimum absolute atomic E-state index is 0.198. The third-order valence-electron chi connectivity index (χ3n) is 3.12. The summed E-state index contributed by atoms with van der Waals surface area (Å²) in [6, 6.07) is 8.35. The van der Waals surface area contributed by atoms with E-state index >= 15 is 0 Å². The number of halogens is 2. The van der Waals surface area contributed by atoms with Gasteiger partial charge in [0.25, 0.3) is 0 Å². The van der Waals surface area contributed by atoms with Crippen LogP contribution in [0.1, 0.15) is 29.7 Å². The SMILES string of the molecule is Cc1cc(Oc2ccc([C@H](C)N)cc2F)cc(C)c1Br. The number of benzene rings is 2. The number of nitrogens with two attached hydrogens (primary N) is 1. The minimum Gasteiger partial charge on any atom is -0.454 e. The molecule has 0 aromatic heterocycles. The maximum absolute atomic E-state index is 14.0. The number of hydrogen-bond acceptors (Lipinski definition) is 2. The summed E-state index contributed by atoms with van der Waals surface area (Å²) in [5.41, 5.74) is 8.57. The normalized spacial score (nSPS) is 12.3. The van der Waals surface area contributed by atoms with Crippen molar-refractivity contribution in [1.82, 2.24) is 0 Å². The molecule has 2 aromatic carbocycles. The van der Waals surface area contributed by atoms with Crippen LogP contribution in [-0.2, 0) is 0 Å². The van der Waals surface area contributed by atoms with Gasteiger partial charge in [0.2, 0.25) is 0 Å². The van der Waals surface area contributed by atoms with Crippen LogP contribution in [0.15, 0.2) is 34.8 Å². The Labute approximate surface area is 126 Å². The highest BCUT2D eigenvalue weighted by Gasteiger charge is 2.10. The topological polar surface area (TPSA) is 35.2 Å². The Hall–Kier alpha value is -1.39. The Kier molecular flexibility index (Phi) is 4.45. The van der Waals surface area contributed by atoms with Crippen molar-refractivity contribution in [2.45, 2.75) is 26.8 Å². The Morgan fingerprint density at radius 1 is 1.15 bits per heavy atom. The molecule has 0 radical (unpaired) electrons. The smallest absolute Gasteiger partial charge is 0.166 e. The predicted molar refractivity (Wildman–Crippen MR) is 82.7 cm³/mol. The quantitative estimate of drug-likeness (QED) is 0.853. The van der Waals surface area contributed by atoms with E-state index in [-0.39, 0.29) is 11.8 Å². The third kappa shape index (κ3) is 3.19. The fraction of sp³-hybridized carbons (Fsp3) is 0.250. The van der Waals surface area contributed by atoms with Crippen LogP contribution >= 0.6 is 15.9 Å². The van der Waals surface area contributed by atoms with Gasteiger partial charge in [-0.05, 0) is 61.7 Å². The van der Waals surface area contributed by atoms with E-state index in [2.05, 4.69) is 15.9 Å². The molecule has 0 unspecified atom stereocenters. The zero-order chi connectivity index (χ0) is 14.9. The maximum atomic E-state index is 14.0. The number of ether oxygens (including phenoxy) is 1. The summed E-state index contributed by atoms with van der Waals surface area (Å²) in [5, 5.41) is 0. The van der Waals surface area contributed by atoms with Crippen LogP contribution in [0.5, 0.6) is 11.5 Å². The van der Waals surface area contributed by atoms with Crippen molar-refractivity contribution in [3.05, 3.63) is 57.3 Å². The Morgan fingerprint density at radius 2 is 1.75 bits per heavy atom. The monoisotopic (exact) mass is 337 g/mol. The summed E-state index contributed by atoms with van der Waals surface area (Å²) in [5.74, 6) is 0.421. The molecule has 0 bridgehead atoms. The third-order valence-corrected chi connectivity index (χ3v) is 4.37. The van der Waals surface area contributed by atoms with Gasteiger partial charge in [-0.3, -0.25) is 0 Å². The van der Waals surface area contributed by atoms with E-state index in [0.717, 1.165) is 21.2 Å². The van der Waals surface area contributed by atoms with Gasteiger partial charge in [-0.25, -0.2) is 4.39 Å². The van der Waals surface area contributed by atoms with Crippen molar-refractivity contribution < 1.29 is 9.13 Å². The van der Waals surface area contributed by atoms with Gasteiger partial charge in [-0.2, -0.15) is 0 Å². The van der Waals surface area contributed by atoms with Crippen LogP contribution in [0.4, 0.5) is 4.39 Å². The number of hydrogen-bond donors (Lipinski definition) is 1. The van der Waals surface area contributed by atoms with E-state index < -0.39 is 5.82 Å². The Morgan fingerprint density at radius 3 is 2.25 bits per heavy atom. The lowest BCUT2D eigenvalue weighted by Crippen LogP contribution is -2.05. The van der Waals surface area contributed by atoms with Crippen molar-refractivity contribution in [2.24, 2.45) is 5.73 Å². The largest absolute Gasteiger partial charge is 0.454 e. The molecule has 0 heterocycles. The van der Waals surface area contributed by atoms with Gasteiger partial charge in [0.05, 0.1) is 0 Å². The minimum atomic E-state index is -0.405. The second-order valence-corrected chi connectivity index (χ2v) is 5.74. The van der Waals surface area contributed by atoms with Crippen molar-refractivity contribution in [3.63, 3.8) is 0 Å². The van der Waals surface area contributed by atoms with Gasteiger partial charge in [0.15, 0.2) is 11.6 Å². The van der Waals surface area contributed by atoms with Gasteiger partial charge < -0.3 is 10.5 Å². The average Bonchev–Trinajstić information content (AvgIpc) is 2.38. The molecule has 0 fully saturated rings. The predicted octanol–water partition coefficient (Wildman–Crippen LogP) is 5.02. The first-order chi connectivity index (χ1) is 9.38. The van der Waals surface area contributed by atoms with E-state index in [1.807, 2.05) is 32.9 Å². The van der Waals surface area contributed by atoms with Gasteiger partial charge in [-0.1, -0.05) is 22.0 Å². The summed E-state index contributed by atoms with van der Waals surface area (Å²) < 4.78 is 20.7. The van der Waals surface area contributed by atoms with Crippen molar-refractivity contribution in [3.8, 4) is 11.5 Å². The zero-order valence-electron chi connectivity index (χ0n) is 11.7. The average molecular weight is 338 g/mol. The van der Waals surface area contributed by atoms with Crippen molar-refractivity contribution >= 4 is 15.9 Å². The van der Waals surface area contributed by atoms with Gasteiger partial charge in [0, 0.05) is 10.5 Å². The van der Waals surface area contributed by atoms with Crippen LogP contribution in [0, 0.1) is 19.7 Å². The number of aryl methyl sites for hydroxylation is 2. The first kappa shape index (κ1) is 15.0. The summed E-state index contributed by atoms with van der Waals surface area (Å²) in [6.07, 6.45) is 0. The molecule has 0 aliphatic rings. The second-order valence-electron chi connectivity index (χ2n) is 4.95. The molecule has 2 N–H and O–H groups in total. The van der Waals surface area contributed by atoms with E-state index in [4.69, 9.17) is 10.5 Å². The molecule has 4 heteroatoms. The van der Waals surface area contributed by atoms with Gasteiger partial charge in [0.1, 0.15) is 5.75 Å². The van der Waals surface area contributed by atoms with Crippen LogP contribution < -0.4 is 10.5 Å². The van der Waals surface area contributed by atoms with E-state index in [1.54, 1.807) is 12.1 Å². The molecule has 2 rings (SSSR count). The molecular weight excluding hydrogens is 321 g/mol.